The van der Waals surface area contributed by atoms with Crippen LogP contribution in [0.3, 0.4) is 0 Å². The summed E-state index contributed by atoms with van der Waals surface area (Å²) in [6, 6.07) is 2.15. The second-order valence-electron chi connectivity index (χ2n) is 6.03. The van der Waals surface area contributed by atoms with E-state index in [1.165, 1.54) is 51.5 Å². The first-order valence-electron chi connectivity index (χ1n) is 7.23. The molecule has 2 nitrogen and oxygen atoms in total. The van der Waals surface area contributed by atoms with Gasteiger partial charge in [0, 0.05) is 18.1 Å². The Labute approximate surface area is 101 Å². The van der Waals surface area contributed by atoms with Crippen LogP contribution in [0.4, 0.5) is 0 Å². The van der Waals surface area contributed by atoms with E-state index in [2.05, 4.69) is 24.5 Å². The molecule has 0 aromatic carbocycles. The van der Waals surface area contributed by atoms with E-state index in [4.69, 9.17) is 0 Å². The first kappa shape index (κ1) is 12.4. The summed E-state index contributed by atoms with van der Waals surface area (Å²) in [5, 5.41) is 7.39. The van der Waals surface area contributed by atoms with Crippen LogP contribution in [0.2, 0.25) is 0 Å². The van der Waals surface area contributed by atoms with Crippen molar-refractivity contribution in [3.05, 3.63) is 0 Å². The Morgan fingerprint density at radius 3 is 2.44 bits per heavy atom. The van der Waals surface area contributed by atoms with Crippen LogP contribution in [-0.4, -0.2) is 24.7 Å². The molecule has 94 valence electrons. The van der Waals surface area contributed by atoms with Crippen molar-refractivity contribution in [2.75, 3.05) is 6.54 Å². The highest BCUT2D eigenvalue weighted by molar-refractivity contribution is 4.82. The van der Waals surface area contributed by atoms with Gasteiger partial charge in [0.25, 0.3) is 0 Å². The molecule has 0 bridgehead atoms. The molecule has 1 aliphatic heterocycles. The van der Waals surface area contributed by atoms with Crippen molar-refractivity contribution in [2.45, 2.75) is 76.9 Å². The van der Waals surface area contributed by atoms with Gasteiger partial charge in [-0.05, 0) is 52.0 Å². The summed E-state index contributed by atoms with van der Waals surface area (Å²) in [7, 11) is 0. The Balaban J connectivity index is 1.60. The topological polar surface area (TPSA) is 24.1 Å². The molecule has 2 heteroatoms. The molecular formula is C14H28N2. The van der Waals surface area contributed by atoms with Crippen LogP contribution >= 0.6 is 0 Å². The lowest BCUT2D eigenvalue weighted by molar-refractivity contribution is 0.326. The molecule has 1 aliphatic carbocycles. The lowest BCUT2D eigenvalue weighted by Crippen LogP contribution is -2.42. The van der Waals surface area contributed by atoms with Crippen molar-refractivity contribution in [3.63, 3.8) is 0 Å². The van der Waals surface area contributed by atoms with Gasteiger partial charge in [-0.2, -0.15) is 0 Å². The largest absolute Gasteiger partial charge is 0.314 e. The lowest BCUT2D eigenvalue weighted by Gasteiger charge is -2.28. The van der Waals surface area contributed by atoms with Crippen LogP contribution in [0.5, 0.6) is 0 Å². The summed E-state index contributed by atoms with van der Waals surface area (Å²) in [6.07, 6.45) is 9.81. The predicted octanol–water partition coefficient (Wildman–Crippen LogP) is 2.69. The number of nitrogens with one attached hydrogen (secondary N) is 2. The molecule has 1 saturated heterocycles. The first-order valence-corrected chi connectivity index (χ1v) is 7.23. The van der Waals surface area contributed by atoms with Crippen molar-refractivity contribution < 1.29 is 0 Å². The third-order valence-electron chi connectivity index (χ3n) is 4.00. The minimum Gasteiger partial charge on any atom is -0.314 e. The minimum atomic E-state index is 0.671. The molecule has 1 saturated carbocycles. The molecule has 0 aromatic heterocycles. The molecule has 0 radical (unpaired) electrons. The lowest BCUT2D eigenvalue weighted by atomic mass is 9.98. The fourth-order valence-corrected chi connectivity index (χ4v) is 3.03. The van der Waals surface area contributed by atoms with Crippen LogP contribution in [0.1, 0.15) is 58.8 Å². The van der Waals surface area contributed by atoms with Gasteiger partial charge in [0.2, 0.25) is 0 Å². The molecule has 16 heavy (non-hydrogen) atoms. The van der Waals surface area contributed by atoms with Gasteiger partial charge in [-0.25, -0.2) is 0 Å². The maximum absolute atomic E-state index is 3.76. The molecule has 0 aromatic rings. The summed E-state index contributed by atoms with van der Waals surface area (Å²) < 4.78 is 0. The number of rotatable bonds is 6. The van der Waals surface area contributed by atoms with Crippen molar-refractivity contribution in [1.29, 1.82) is 0 Å². The quantitative estimate of drug-likeness (QED) is 0.725. The molecule has 2 aliphatic rings. The molecule has 0 amide bonds. The maximum Gasteiger partial charge on any atom is 0.00817 e. The Kier molecular flexibility index (Phi) is 4.66. The Hall–Kier alpha value is -0.0800. The summed E-state index contributed by atoms with van der Waals surface area (Å²) >= 11 is 0. The first-order chi connectivity index (χ1) is 7.74. The zero-order valence-corrected chi connectivity index (χ0v) is 11.0. The molecule has 2 fully saturated rings. The Bertz CT molecular complexity index is 195. The normalized spacial score (nSPS) is 30.0. The molecule has 2 N–H and O–H groups in total. The second-order valence-corrected chi connectivity index (χ2v) is 6.03. The second kappa shape index (κ2) is 6.02. The summed E-state index contributed by atoms with van der Waals surface area (Å²) in [5.41, 5.74) is 0. The van der Waals surface area contributed by atoms with Gasteiger partial charge in [-0.1, -0.05) is 19.3 Å². The number of hydrogen-bond donors (Lipinski definition) is 2. The zero-order chi connectivity index (χ0) is 11.4. The molecule has 3 unspecified atom stereocenters. The van der Waals surface area contributed by atoms with Crippen molar-refractivity contribution in [1.82, 2.24) is 10.6 Å². The third kappa shape index (κ3) is 4.42. The van der Waals surface area contributed by atoms with Crippen LogP contribution in [0.25, 0.3) is 0 Å². The molecule has 1 heterocycles. The fraction of sp³-hybridized carbons (Fsp3) is 1.00. The van der Waals surface area contributed by atoms with E-state index < -0.39 is 0 Å². The summed E-state index contributed by atoms with van der Waals surface area (Å²) in [5.74, 6) is 1.04. The highest BCUT2D eigenvalue weighted by Gasteiger charge is 2.24. The Morgan fingerprint density at radius 1 is 1.06 bits per heavy atom. The minimum absolute atomic E-state index is 0.671. The van der Waals surface area contributed by atoms with Gasteiger partial charge in [-0.15, -0.1) is 0 Å². The smallest absolute Gasteiger partial charge is 0.00817 e. The molecule has 2 rings (SSSR count). The van der Waals surface area contributed by atoms with Crippen LogP contribution in [-0.2, 0) is 0 Å². The van der Waals surface area contributed by atoms with Gasteiger partial charge in [0.05, 0.1) is 0 Å². The highest BCUT2D eigenvalue weighted by Crippen LogP contribution is 2.33. The average molecular weight is 224 g/mol. The standard InChI is InChI=1S/C14H28N2/c1-11(9-13-6-7-13)16-12(2)10-14-5-3-4-8-15-14/h11-16H,3-10H2,1-2H3. The fourth-order valence-electron chi connectivity index (χ4n) is 3.03. The monoisotopic (exact) mass is 224 g/mol. The maximum atomic E-state index is 3.76. The molecular weight excluding hydrogens is 196 g/mol. The van der Waals surface area contributed by atoms with Crippen LogP contribution in [0, 0.1) is 5.92 Å². The molecule has 0 spiro atoms. The van der Waals surface area contributed by atoms with Crippen molar-refractivity contribution in [3.8, 4) is 0 Å². The van der Waals surface area contributed by atoms with E-state index in [1.54, 1.807) is 0 Å². The van der Waals surface area contributed by atoms with Gasteiger partial charge in [0.1, 0.15) is 0 Å². The number of piperidine rings is 1. The van der Waals surface area contributed by atoms with E-state index >= 15 is 0 Å². The van der Waals surface area contributed by atoms with Gasteiger partial charge < -0.3 is 10.6 Å². The van der Waals surface area contributed by atoms with E-state index in [0.29, 0.717) is 12.1 Å². The summed E-state index contributed by atoms with van der Waals surface area (Å²) in [4.78, 5) is 0. The van der Waals surface area contributed by atoms with Crippen LogP contribution in [0.15, 0.2) is 0 Å². The average Bonchev–Trinajstić information content (AvgIpc) is 3.02. The van der Waals surface area contributed by atoms with E-state index in [0.717, 1.165) is 12.0 Å². The summed E-state index contributed by atoms with van der Waals surface area (Å²) in [6.45, 7) is 5.93. The van der Waals surface area contributed by atoms with Gasteiger partial charge >= 0.3 is 0 Å². The van der Waals surface area contributed by atoms with Crippen molar-refractivity contribution >= 4 is 0 Å². The SMILES string of the molecule is CC(CC1CC1)NC(C)CC1CCCCN1. The van der Waals surface area contributed by atoms with E-state index in [1.807, 2.05) is 0 Å². The van der Waals surface area contributed by atoms with Crippen molar-refractivity contribution in [2.24, 2.45) is 5.92 Å². The van der Waals surface area contributed by atoms with Gasteiger partial charge in [0.15, 0.2) is 0 Å². The predicted molar refractivity (Wildman–Crippen MR) is 69.7 cm³/mol. The van der Waals surface area contributed by atoms with E-state index in [9.17, 15) is 0 Å². The van der Waals surface area contributed by atoms with Gasteiger partial charge in [-0.3, -0.25) is 0 Å². The Morgan fingerprint density at radius 2 is 1.81 bits per heavy atom. The van der Waals surface area contributed by atoms with E-state index in [-0.39, 0.29) is 0 Å². The zero-order valence-electron chi connectivity index (χ0n) is 11.0. The number of hydrogen-bond acceptors (Lipinski definition) is 2. The van der Waals surface area contributed by atoms with Crippen LogP contribution < -0.4 is 10.6 Å². The molecule has 3 atom stereocenters. The highest BCUT2D eigenvalue weighted by atomic mass is 15.0. The third-order valence-corrected chi connectivity index (χ3v) is 4.00.